The lowest BCUT2D eigenvalue weighted by Gasteiger charge is -2.16. The molecule has 0 saturated heterocycles. The Bertz CT molecular complexity index is 630. The summed E-state index contributed by atoms with van der Waals surface area (Å²) in [6.45, 7) is 2.36. The van der Waals surface area contributed by atoms with Gasteiger partial charge in [-0.05, 0) is 37.3 Å². The minimum absolute atomic E-state index is 0.0856. The monoisotopic (exact) mass is 413 g/mol. The number of hydrogen-bond donors (Lipinski definition) is 1. The van der Waals surface area contributed by atoms with Gasteiger partial charge in [0.15, 0.2) is 0 Å². The Morgan fingerprint density at radius 3 is 2.38 bits per heavy atom. The molecule has 5 heteroatoms. The van der Waals surface area contributed by atoms with Crippen molar-refractivity contribution in [2.24, 2.45) is 5.73 Å². The van der Waals surface area contributed by atoms with E-state index < -0.39 is 0 Å². The van der Waals surface area contributed by atoms with Crippen LogP contribution in [-0.2, 0) is 6.61 Å². The number of halogens is 2. The quantitative estimate of drug-likeness (QED) is 0.762. The Kier molecular flexibility index (Phi) is 5.67. The second-order valence-corrected chi connectivity index (χ2v) is 6.55. The van der Waals surface area contributed by atoms with Crippen LogP contribution < -0.4 is 15.2 Å². The molecule has 0 amide bonds. The molecular weight excluding hydrogens is 398 g/mol. The summed E-state index contributed by atoms with van der Waals surface area (Å²) < 4.78 is 13.3. The van der Waals surface area contributed by atoms with Crippen molar-refractivity contribution in [3.8, 4) is 11.5 Å². The summed E-state index contributed by atoms with van der Waals surface area (Å²) in [5.74, 6) is 1.58. The summed E-state index contributed by atoms with van der Waals surface area (Å²) in [5, 5.41) is 0. The molecule has 21 heavy (non-hydrogen) atoms. The van der Waals surface area contributed by atoms with Gasteiger partial charge in [-0.25, -0.2) is 0 Å². The Morgan fingerprint density at radius 2 is 1.71 bits per heavy atom. The van der Waals surface area contributed by atoms with Crippen LogP contribution in [-0.4, -0.2) is 7.11 Å². The van der Waals surface area contributed by atoms with Crippen molar-refractivity contribution in [2.75, 3.05) is 7.11 Å². The fourth-order valence-corrected chi connectivity index (χ4v) is 2.77. The van der Waals surface area contributed by atoms with Crippen LogP contribution in [0, 0.1) is 0 Å². The maximum Gasteiger partial charge on any atom is 0.125 e. The zero-order chi connectivity index (χ0) is 15.4. The van der Waals surface area contributed by atoms with Gasteiger partial charge in [-0.1, -0.05) is 37.9 Å². The second kappa shape index (κ2) is 7.29. The van der Waals surface area contributed by atoms with Crippen molar-refractivity contribution in [2.45, 2.75) is 19.6 Å². The topological polar surface area (TPSA) is 44.5 Å². The van der Waals surface area contributed by atoms with E-state index in [2.05, 4.69) is 31.9 Å². The third-order valence-corrected chi connectivity index (χ3v) is 4.08. The highest BCUT2D eigenvalue weighted by atomic mass is 79.9. The predicted octanol–water partition coefficient (Wildman–Crippen LogP) is 4.82. The minimum Gasteiger partial charge on any atom is -0.496 e. The fourth-order valence-electron chi connectivity index (χ4n) is 2.02. The lowest BCUT2D eigenvalue weighted by atomic mass is 10.1. The van der Waals surface area contributed by atoms with Crippen LogP contribution in [0.4, 0.5) is 0 Å². The minimum atomic E-state index is -0.0856. The van der Waals surface area contributed by atoms with E-state index in [1.165, 1.54) is 0 Å². The second-order valence-electron chi connectivity index (χ2n) is 4.72. The number of methoxy groups -OCH3 is 1. The van der Waals surface area contributed by atoms with Gasteiger partial charge in [-0.2, -0.15) is 0 Å². The molecule has 0 aliphatic heterocycles. The third-order valence-electron chi connectivity index (χ3n) is 3.09. The number of nitrogens with two attached hydrogens (primary N) is 1. The molecule has 0 radical (unpaired) electrons. The summed E-state index contributed by atoms with van der Waals surface area (Å²) in [7, 11) is 1.65. The first-order valence-electron chi connectivity index (χ1n) is 6.51. The zero-order valence-electron chi connectivity index (χ0n) is 11.9. The van der Waals surface area contributed by atoms with Gasteiger partial charge in [0.05, 0.1) is 7.11 Å². The molecule has 2 aromatic carbocycles. The lowest BCUT2D eigenvalue weighted by Crippen LogP contribution is -2.08. The first kappa shape index (κ1) is 16.3. The van der Waals surface area contributed by atoms with E-state index in [4.69, 9.17) is 15.2 Å². The van der Waals surface area contributed by atoms with Gasteiger partial charge in [0.2, 0.25) is 0 Å². The Morgan fingerprint density at radius 1 is 1.05 bits per heavy atom. The van der Waals surface area contributed by atoms with Gasteiger partial charge in [0.25, 0.3) is 0 Å². The molecule has 0 bridgehead atoms. The Labute approximate surface area is 141 Å². The average molecular weight is 415 g/mol. The standard InChI is InChI=1S/C16H17Br2NO2/c1-10(19)14-5-3-13(18)8-16(14)21-9-11-7-12(17)4-6-15(11)20-2/h3-8,10H,9,19H2,1-2H3/t10-/m0/s1. The van der Waals surface area contributed by atoms with E-state index in [9.17, 15) is 0 Å². The normalized spacial score (nSPS) is 12.0. The van der Waals surface area contributed by atoms with Crippen LogP contribution >= 0.6 is 31.9 Å². The third kappa shape index (κ3) is 4.22. The molecule has 0 saturated carbocycles. The first-order valence-corrected chi connectivity index (χ1v) is 8.10. The van der Waals surface area contributed by atoms with Crippen LogP contribution in [0.25, 0.3) is 0 Å². The number of hydrogen-bond acceptors (Lipinski definition) is 3. The van der Waals surface area contributed by atoms with Crippen molar-refractivity contribution in [3.63, 3.8) is 0 Å². The zero-order valence-corrected chi connectivity index (χ0v) is 15.1. The Hall–Kier alpha value is -1.04. The number of benzene rings is 2. The fraction of sp³-hybridized carbons (Fsp3) is 0.250. The van der Waals surface area contributed by atoms with E-state index in [0.717, 1.165) is 31.6 Å². The van der Waals surface area contributed by atoms with Crippen molar-refractivity contribution in [3.05, 3.63) is 56.5 Å². The van der Waals surface area contributed by atoms with E-state index in [1.807, 2.05) is 43.3 Å². The van der Waals surface area contributed by atoms with Crippen LogP contribution in [0.2, 0.25) is 0 Å². The van der Waals surface area contributed by atoms with Gasteiger partial charge in [0, 0.05) is 26.1 Å². The molecular formula is C16H17Br2NO2. The van der Waals surface area contributed by atoms with Crippen LogP contribution in [0.1, 0.15) is 24.1 Å². The van der Waals surface area contributed by atoms with Gasteiger partial charge < -0.3 is 15.2 Å². The van der Waals surface area contributed by atoms with Crippen molar-refractivity contribution in [1.29, 1.82) is 0 Å². The highest BCUT2D eigenvalue weighted by molar-refractivity contribution is 9.10. The van der Waals surface area contributed by atoms with E-state index >= 15 is 0 Å². The largest absolute Gasteiger partial charge is 0.496 e. The summed E-state index contributed by atoms with van der Waals surface area (Å²) >= 11 is 6.92. The highest BCUT2D eigenvalue weighted by Crippen LogP contribution is 2.30. The molecule has 0 fully saturated rings. The van der Waals surface area contributed by atoms with E-state index in [-0.39, 0.29) is 6.04 Å². The molecule has 2 aromatic rings. The van der Waals surface area contributed by atoms with Gasteiger partial charge >= 0.3 is 0 Å². The first-order chi connectivity index (χ1) is 10.0. The predicted molar refractivity (Wildman–Crippen MR) is 91.8 cm³/mol. The molecule has 112 valence electrons. The molecule has 1 atom stereocenters. The number of rotatable bonds is 5. The van der Waals surface area contributed by atoms with Crippen LogP contribution in [0.15, 0.2) is 45.3 Å². The van der Waals surface area contributed by atoms with Crippen LogP contribution in [0.3, 0.4) is 0 Å². The molecule has 0 unspecified atom stereocenters. The summed E-state index contributed by atoms with van der Waals surface area (Å²) in [5.41, 5.74) is 7.94. The molecule has 0 aromatic heterocycles. The van der Waals surface area contributed by atoms with E-state index in [1.54, 1.807) is 7.11 Å². The maximum absolute atomic E-state index is 5.99. The smallest absolute Gasteiger partial charge is 0.125 e. The van der Waals surface area contributed by atoms with Gasteiger partial charge in [0.1, 0.15) is 18.1 Å². The Balaban J connectivity index is 2.24. The summed E-state index contributed by atoms with van der Waals surface area (Å²) in [6.07, 6.45) is 0. The molecule has 0 spiro atoms. The van der Waals surface area contributed by atoms with Gasteiger partial charge in [-0.15, -0.1) is 0 Å². The molecule has 0 heterocycles. The molecule has 3 nitrogen and oxygen atoms in total. The summed E-state index contributed by atoms with van der Waals surface area (Å²) in [6, 6.07) is 11.6. The van der Waals surface area contributed by atoms with Gasteiger partial charge in [-0.3, -0.25) is 0 Å². The SMILES string of the molecule is COc1ccc(Br)cc1COc1cc(Br)ccc1[C@H](C)N. The molecule has 0 aliphatic rings. The average Bonchev–Trinajstić information content (AvgIpc) is 2.45. The van der Waals surface area contributed by atoms with E-state index in [0.29, 0.717) is 6.61 Å². The summed E-state index contributed by atoms with van der Waals surface area (Å²) in [4.78, 5) is 0. The van der Waals surface area contributed by atoms with Crippen molar-refractivity contribution >= 4 is 31.9 Å². The maximum atomic E-state index is 5.99. The van der Waals surface area contributed by atoms with Crippen LogP contribution in [0.5, 0.6) is 11.5 Å². The van der Waals surface area contributed by atoms with Crippen molar-refractivity contribution < 1.29 is 9.47 Å². The number of ether oxygens (including phenoxy) is 2. The molecule has 0 aliphatic carbocycles. The molecule has 2 N–H and O–H groups in total. The molecule has 2 rings (SSSR count). The highest BCUT2D eigenvalue weighted by Gasteiger charge is 2.11. The lowest BCUT2D eigenvalue weighted by molar-refractivity contribution is 0.292. The van der Waals surface area contributed by atoms with Crippen molar-refractivity contribution in [1.82, 2.24) is 0 Å².